The van der Waals surface area contributed by atoms with Gasteiger partial charge in [-0.25, -0.2) is 18.8 Å². The van der Waals surface area contributed by atoms with Crippen molar-refractivity contribution in [1.29, 1.82) is 0 Å². The molecule has 0 saturated heterocycles. The largest absolute Gasteiger partial charge is 0.461 e. The number of aliphatic imine (C=N–C) groups is 1. The molecule has 0 fully saturated rings. The lowest BCUT2D eigenvalue weighted by atomic mass is 9.85. The van der Waals surface area contributed by atoms with Gasteiger partial charge in [0, 0.05) is 11.7 Å². The number of nitrogens with two attached hydrogens (primary N) is 1. The number of ether oxygens (including phenoxy) is 1. The first-order valence-corrected chi connectivity index (χ1v) is 9.65. The third-order valence-corrected chi connectivity index (χ3v) is 5.66. The molecule has 148 valence electrons. The highest BCUT2D eigenvalue weighted by molar-refractivity contribution is 8.14. The average molecular weight is 405 g/mol. The van der Waals surface area contributed by atoms with Crippen molar-refractivity contribution in [3.63, 3.8) is 0 Å². The van der Waals surface area contributed by atoms with E-state index >= 15 is 0 Å². The monoisotopic (exact) mass is 405 g/mol. The van der Waals surface area contributed by atoms with Crippen molar-refractivity contribution in [2.24, 2.45) is 10.7 Å². The van der Waals surface area contributed by atoms with Crippen molar-refractivity contribution >= 4 is 22.7 Å². The smallest absolute Gasteiger partial charge is 0.228 e. The van der Waals surface area contributed by atoms with Gasteiger partial charge in [0.15, 0.2) is 11.0 Å². The number of ketones is 1. The number of aromatic nitrogens is 1. The van der Waals surface area contributed by atoms with Gasteiger partial charge in [-0.2, -0.15) is 0 Å². The molecule has 1 aromatic heterocycles. The van der Waals surface area contributed by atoms with Crippen molar-refractivity contribution in [2.75, 3.05) is 6.86 Å². The number of carbonyl (C=O) groups is 1. The van der Waals surface area contributed by atoms with Crippen LogP contribution in [-0.4, -0.2) is 34.2 Å². The molecule has 2 heterocycles. The van der Waals surface area contributed by atoms with E-state index in [1.54, 1.807) is 38.1 Å². The third-order valence-electron chi connectivity index (χ3n) is 4.72. The summed E-state index contributed by atoms with van der Waals surface area (Å²) in [5.41, 5.74) is 6.42. The molecule has 5 nitrogen and oxygen atoms in total. The molecule has 0 bridgehead atoms. The summed E-state index contributed by atoms with van der Waals surface area (Å²) in [4.78, 5) is 20.9. The van der Waals surface area contributed by atoms with Crippen LogP contribution in [-0.2, 0) is 12.0 Å². The van der Waals surface area contributed by atoms with Crippen molar-refractivity contribution in [1.82, 2.24) is 4.98 Å². The Bertz CT molecular complexity index is 891. The molecule has 1 aromatic carbocycles. The summed E-state index contributed by atoms with van der Waals surface area (Å²) < 4.78 is 31.8. The molecule has 3 rings (SSSR count). The number of amidine groups is 1. The zero-order chi connectivity index (χ0) is 20.3. The predicted octanol–water partition coefficient (Wildman–Crippen LogP) is 3.82. The van der Waals surface area contributed by atoms with E-state index in [1.165, 1.54) is 30.1 Å². The van der Waals surface area contributed by atoms with E-state index in [4.69, 9.17) is 5.73 Å². The first kappa shape index (κ1) is 20.3. The second kappa shape index (κ2) is 8.26. The Balaban J connectivity index is 1.81. The zero-order valence-electron chi connectivity index (χ0n) is 15.6. The minimum absolute atomic E-state index is 0.0979. The molecule has 0 aliphatic carbocycles. The van der Waals surface area contributed by atoms with Gasteiger partial charge in [0.25, 0.3) is 0 Å². The third kappa shape index (κ3) is 4.16. The highest BCUT2D eigenvalue weighted by Gasteiger charge is 2.43. The van der Waals surface area contributed by atoms with Gasteiger partial charge >= 0.3 is 0 Å². The zero-order valence-corrected chi connectivity index (χ0v) is 16.4. The van der Waals surface area contributed by atoms with Crippen LogP contribution in [0.2, 0.25) is 0 Å². The standard InChI is InChI=1S/C20H21F2N3O2S/c1-12-18(22)20(2,25-19(23)28-12)14-5-3-4-13(8-14)9-17(26)16-7-6-15(10-24-16)27-11-21/h3-8,10,12,18H,9,11H2,1-2H3,(H2,23,25)/t12-,18+,20-/m1/s1. The number of carbonyl (C=O) groups excluding carboxylic acids is 1. The fourth-order valence-corrected chi connectivity index (χ4v) is 4.22. The number of rotatable bonds is 6. The van der Waals surface area contributed by atoms with Gasteiger partial charge in [0.05, 0.1) is 6.20 Å². The molecule has 2 N–H and O–H groups in total. The van der Waals surface area contributed by atoms with E-state index in [0.717, 1.165) is 5.56 Å². The quantitative estimate of drug-likeness (QED) is 0.740. The van der Waals surface area contributed by atoms with Crippen molar-refractivity contribution < 1.29 is 18.3 Å². The molecule has 1 aliphatic rings. The molecule has 2 aromatic rings. The Hall–Kier alpha value is -2.48. The van der Waals surface area contributed by atoms with Crippen LogP contribution in [0.3, 0.4) is 0 Å². The fraction of sp³-hybridized carbons (Fsp3) is 0.350. The van der Waals surface area contributed by atoms with Gasteiger partial charge in [0.2, 0.25) is 6.86 Å². The van der Waals surface area contributed by atoms with Crippen molar-refractivity contribution in [3.05, 3.63) is 59.4 Å². The lowest BCUT2D eigenvalue weighted by Gasteiger charge is -2.37. The minimum atomic E-state index is -1.21. The molecular formula is C20H21F2N3O2S. The molecule has 0 unspecified atom stereocenters. The maximum Gasteiger partial charge on any atom is 0.228 e. The fourth-order valence-electron chi connectivity index (χ4n) is 3.21. The lowest BCUT2D eigenvalue weighted by molar-refractivity contribution is 0.0988. The van der Waals surface area contributed by atoms with E-state index < -0.39 is 18.6 Å². The molecule has 3 atom stereocenters. The maximum atomic E-state index is 14.9. The van der Waals surface area contributed by atoms with Crippen molar-refractivity contribution in [2.45, 2.75) is 37.2 Å². The van der Waals surface area contributed by atoms with E-state index in [2.05, 4.69) is 14.7 Å². The number of benzene rings is 1. The molecular weight excluding hydrogens is 384 g/mol. The number of pyridine rings is 1. The summed E-state index contributed by atoms with van der Waals surface area (Å²) in [7, 11) is 0. The molecule has 0 amide bonds. The molecule has 0 radical (unpaired) electrons. The molecule has 8 heteroatoms. The minimum Gasteiger partial charge on any atom is -0.461 e. The molecule has 0 saturated carbocycles. The number of alkyl halides is 2. The van der Waals surface area contributed by atoms with Crippen LogP contribution >= 0.6 is 11.8 Å². The van der Waals surface area contributed by atoms with Crippen LogP contribution in [0, 0.1) is 0 Å². The first-order chi connectivity index (χ1) is 13.3. The number of nitrogens with zero attached hydrogens (tertiary/aromatic N) is 2. The van der Waals surface area contributed by atoms with Crippen LogP contribution in [0.25, 0.3) is 0 Å². The first-order valence-electron chi connectivity index (χ1n) is 8.77. The van der Waals surface area contributed by atoms with E-state index in [-0.39, 0.29) is 28.9 Å². The summed E-state index contributed by atoms with van der Waals surface area (Å²) in [6.45, 7) is 2.54. The Kier molecular flexibility index (Phi) is 5.98. The molecule has 1 aliphatic heterocycles. The van der Waals surface area contributed by atoms with Crippen LogP contribution in [0.4, 0.5) is 8.78 Å². The second-order valence-corrected chi connectivity index (χ2v) is 8.15. The predicted molar refractivity (Wildman–Crippen MR) is 106 cm³/mol. The SMILES string of the molecule is C[C@H]1SC(N)=N[C@](C)(c2cccc(CC(=O)c3ccc(OCF)cn3)c2)[C@H]1F. The summed E-state index contributed by atoms with van der Waals surface area (Å²) in [6, 6.07) is 10.1. The van der Waals surface area contributed by atoms with Gasteiger partial charge in [-0.05, 0) is 37.1 Å². The maximum absolute atomic E-state index is 14.9. The Labute approximate surface area is 166 Å². The van der Waals surface area contributed by atoms with E-state index in [0.29, 0.717) is 10.7 Å². The normalized spacial score (nSPS) is 24.5. The molecule has 0 spiro atoms. The molecule has 28 heavy (non-hydrogen) atoms. The highest BCUT2D eigenvalue weighted by atomic mass is 32.2. The van der Waals surface area contributed by atoms with Crippen LogP contribution in [0.15, 0.2) is 47.6 Å². The van der Waals surface area contributed by atoms with Gasteiger partial charge in [0.1, 0.15) is 23.2 Å². The Morgan fingerprint density at radius 2 is 2.14 bits per heavy atom. The number of halogens is 2. The number of Topliss-reactive ketones (excluding diaryl/α,β-unsaturated/α-hetero) is 1. The number of hydrogen-bond acceptors (Lipinski definition) is 6. The summed E-state index contributed by atoms with van der Waals surface area (Å²) >= 11 is 1.22. The average Bonchev–Trinajstić information content (AvgIpc) is 2.67. The van der Waals surface area contributed by atoms with Gasteiger partial charge in [-0.15, -0.1) is 0 Å². The van der Waals surface area contributed by atoms with Crippen LogP contribution < -0.4 is 10.5 Å². The van der Waals surface area contributed by atoms with Gasteiger partial charge < -0.3 is 10.5 Å². The van der Waals surface area contributed by atoms with Crippen molar-refractivity contribution in [3.8, 4) is 5.75 Å². The Morgan fingerprint density at radius 1 is 1.36 bits per heavy atom. The highest BCUT2D eigenvalue weighted by Crippen LogP contribution is 2.41. The summed E-state index contributed by atoms with van der Waals surface area (Å²) in [5.74, 6) is 0.0455. The Morgan fingerprint density at radius 3 is 2.82 bits per heavy atom. The second-order valence-electron chi connectivity index (χ2n) is 6.76. The number of hydrogen-bond donors (Lipinski definition) is 1. The summed E-state index contributed by atoms with van der Waals surface area (Å²) in [5, 5.41) is 0.0345. The lowest BCUT2D eigenvalue weighted by Crippen LogP contribution is -2.43. The van der Waals surface area contributed by atoms with E-state index in [9.17, 15) is 13.6 Å². The number of thioether (sulfide) groups is 1. The van der Waals surface area contributed by atoms with Crippen LogP contribution in [0.5, 0.6) is 5.75 Å². The topological polar surface area (TPSA) is 77.6 Å². The summed E-state index contributed by atoms with van der Waals surface area (Å²) in [6.07, 6.45) is 0.192. The van der Waals surface area contributed by atoms with Gasteiger partial charge in [-0.1, -0.05) is 36.0 Å². The van der Waals surface area contributed by atoms with Gasteiger partial charge in [-0.3, -0.25) is 4.79 Å². The van der Waals surface area contributed by atoms with E-state index in [1.807, 2.05) is 0 Å². The van der Waals surface area contributed by atoms with Crippen LogP contribution in [0.1, 0.15) is 35.5 Å².